The SMILES string of the molecule is C=CCN(CC=C)Cc1ccccc1CNCCC. The molecular weight excluding hydrogens is 232 g/mol. The third kappa shape index (κ3) is 5.86. The van der Waals surface area contributed by atoms with Gasteiger partial charge in [0.2, 0.25) is 0 Å². The number of nitrogens with zero attached hydrogens (tertiary/aromatic N) is 1. The van der Waals surface area contributed by atoms with Crippen molar-refractivity contribution in [2.75, 3.05) is 19.6 Å². The summed E-state index contributed by atoms with van der Waals surface area (Å²) in [5.41, 5.74) is 2.77. The first-order valence-electron chi connectivity index (χ1n) is 7.03. The Hall–Kier alpha value is -1.38. The van der Waals surface area contributed by atoms with Crippen LogP contribution in [0.15, 0.2) is 49.6 Å². The highest BCUT2D eigenvalue weighted by Gasteiger charge is 2.06. The van der Waals surface area contributed by atoms with Gasteiger partial charge in [0.05, 0.1) is 0 Å². The van der Waals surface area contributed by atoms with E-state index in [9.17, 15) is 0 Å². The molecule has 0 fully saturated rings. The smallest absolute Gasteiger partial charge is 0.0243 e. The second-order valence-corrected chi connectivity index (χ2v) is 4.72. The van der Waals surface area contributed by atoms with E-state index < -0.39 is 0 Å². The molecule has 0 saturated heterocycles. The Labute approximate surface area is 117 Å². The molecule has 2 heteroatoms. The first-order chi connectivity index (χ1) is 9.31. The maximum Gasteiger partial charge on any atom is 0.0243 e. The highest BCUT2D eigenvalue weighted by atomic mass is 15.1. The minimum Gasteiger partial charge on any atom is -0.313 e. The zero-order valence-corrected chi connectivity index (χ0v) is 12.1. The van der Waals surface area contributed by atoms with Crippen LogP contribution in [0.2, 0.25) is 0 Å². The molecule has 0 radical (unpaired) electrons. The molecule has 19 heavy (non-hydrogen) atoms. The number of benzene rings is 1. The van der Waals surface area contributed by atoms with Gasteiger partial charge in [-0.25, -0.2) is 0 Å². The van der Waals surface area contributed by atoms with E-state index in [0.29, 0.717) is 0 Å². The summed E-state index contributed by atoms with van der Waals surface area (Å²) in [6.07, 6.45) is 5.06. The lowest BCUT2D eigenvalue weighted by atomic mass is 10.1. The van der Waals surface area contributed by atoms with Gasteiger partial charge < -0.3 is 5.32 Å². The molecule has 104 valence electrons. The molecule has 0 bridgehead atoms. The topological polar surface area (TPSA) is 15.3 Å². The standard InChI is InChI=1S/C17H26N2/c1-4-11-18-14-16-9-7-8-10-17(16)15-19(12-5-2)13-6-3/h5-10,18H,2-4,11-15H2,1H3. The highest BCUT2D eigenvalue weighted by molar-refractivity contribution is 5.27. The van der Waals surface area contributed by atoms with E-state index in [2.05, 4.69) is 54.6 Å². The lowest BCUT2D eigenvalue weighted by molar-refractivity contribution is 0.326. The largest absolute Gasteiger partial charge is 0.313 e. The zero-order chi connectivity index (χ0) is 13.9. The normalized spacial score (nSPS) is 10.6. The Kier molecular flexibility index (Phi) is 7.87. The van der Waals surface area contributed by atoms with Crippen molar-refractivity contribution in [3.8, 4) is 0 Å². The molecule has 2 nitrogen and oxygen atoms in total. The van der Waals surface area contributed by atoms with Gasteiger partial charge in [-0.2, -0.15) is 0 Å². The summed E-state index contributed by atoms with van der Waals surface area (Å²) < 4.78 is 0. The Balaban J connectivity index is 2.68. The molecule has 0 unspecified atom stereocenters. The van der Waals surface area contributed by atoms with E-state index in [1.807, 2.05) is 12.2 Å². The van der Waals surface area contributed by atoms with Crippen molar-refractivity contribution in [1.82, 2.24) is 10.2 Å². The molecule has 0 spiro atoms. The summed E-state index contributed by atoms with van der Waals surface area (Å²) in [5.74, 6) is 0. The number of hydrogen-bond donors (Lipinski definition) is 1. The van der Waals surface area contributed by atoms with Crippen LogP contribution in [-0.2, 0) is 13.1 Å². The number of rotatable bonds is 10. The molecule has 1 rings (SSSR count). The fraction of sp³-hybridized carbons (Fsp3) is 0.412. The van der Waals surface area contributed by atoms with E-state index in [0.717, 1.165) is 32.7 Å². The van der Waals surface area contributed by atoms with E-state index in [-0.39, 0.29) is 0 Å². The number of nitrogens with one attached hydrogen (secondary N) is 1. The monoisotopic (exact) mass is 258 g/mol. The quantitative estimate of drug-likeness (QED) is 0.511. The molecule has 0 amide bonds. The van der Waals surface area contributed by atoms with Gasteiger partial charge in [0.1, 0.15) is 0 Å². The summed E-state index contributed by atoms with van der Waals surface area (Å²) >= 11 is 0. The average molecular weight is 258 g/mol. The molecule has 0 aliphatic heterocycles. The Bertz CT molecular complexity index is 375. The predicted molar refractivity (Wildman–Crippen MR) is 84.1 cm³/mol. The van der Waals surface area contributed by atoms with Gasteiger partial charge in [0.15, 0.2) is 0 Å². The van der Waals surface area contributed by atoms with Crippen LogP contribution < -0.4 is 5.32 Å². The van der Waals surface area contributed by atoms with Crippen molar-refractivity contribution in [3.63, 3.8) is 0 Å². The molecule has 0 aliphatic rings. The molecular formula is C17H26N2. The van der Waals surface area contributed by atoms with Crippen molar-refractivity contribution in [2.24, 2.45) is 0 Å². The van der Waals surface area contributed by atoms with Gasteiger partial charge in [-0.05, 0) is 24.1 Å². The Morgan fingerprint density at radius 3 is 2.32 bits per heavy atom. The lowest BCUT2D eigenvalue weighted by Crippen LogP contribution is -2.24. The van der Waals surface area contributed by atoms with E-state index in [1.165, 1.54) is 17.5 Å². The Morgan fingerprint density at radius 1 is 1.11 bits per heavy atom. The second kappa shape index (κ2) is 9.54. The third-order valence-corrected chi connectivity index (χ3v) is 3.03. The predicted octanol–water partition coefficient (Wildman–Crippen LogP) is 3.36. The molecule has 0 saturated carbocycles. The van der Waals surface area contributed by atoms with Crippen molar-refractivity contribution in [1.29, 1.82) is 0 Å². The molecule has 0 aromatic heterocycles. The fourth-order valence-corrected chi connectivity index (χ4v) is 2.09. The maximum absolute atomic E-state index is 3.82. The first-order valence-corrected chi connectivity index (χ1v) is 7.03. The first kappa shape index (κ1) is 15.7. The van der Waals surface area contributed by atoms with E-state index in [4.69, 9.17) is 0 Å². The van der Waals surface area contributed by atoms with Gasteiger partial charge in [-0.1, -0.05) is 43.3 Å². The van der Waals surface area contributed by atoms with Gasteiger partial charge in [-0.3, -0.25) is 4.90 Å². The summed E-state index contributed by atoms with van der Waals surface area (Å²) in [7, 11) is 0. The van der Waals surface area contributed by atoms with Crippen LogP contribution >= 0.6 is 0 Å². The van der Waals surface area contributed by atoms with Gasteiger partial charge >= 0.3 is 0 Å². The van der Waals surface area contributed by atoms with Crippen LogP contribution in [0.25, 0.3) is 0 Å². The van der Waals surface area contributed by atoms with Crippen LogP contribution in [0, 0.1) is 0 Å². The van der Waals surface area contributed by atoms with Crippen molar-refractivity contribution in [2.45, 2.75) is 26.4 Å². The number of hydrogen-bond acceptors (Lipinski definition) is 2. The molecule has 1 aromatic rings. The molecule has 1 aromatic carbocycles. The third-order valence-electron chi connectivity index (χ3n) is 3.03. The summed E-state index contributed by atoms with van der Waals surface area (Å²) in [6.45, 7) is 14.6. The molecule has 0 heterocycles. The van der Waals surface area contributed by atoms with Crippen LogP contribution in [0.3, 0.4) is 0 Å². The summed E-state index contributed by atoms with van der Waals surface area (Å²) in [6, 6.07) is 8.64. The van der Waals surface area contributed by atoms with Crippen LogP contribution in [0.1, 0.15) is 24.5 Å². The Morgan fingerprint density at radius 2 is 1.74 bits per heavy atom. The molecule has 0 atom stereocenters. The maximum atomic E-state index is 3.82. The van der Waals surface area contributed by atoms with Crippen LogP contribution in [0.4, 0.5) is 0 Å². The summed E-state index contributed by atoms with van der Waals surface area (Å²) in [5, 5.41) is 3.47. The van der Waals surface area contributed by atoms with Crippen molar-refractivity contribution in [3.05, 3.63) is 60.7 Å². The average Bonchev–Trinajstić information content (AvgIpc) is 2.41. The van der Waals surface area contributed by atoms with Gasteiger partial charge in [-0.15, -0.1) is 13.2 Å². The van der Waals surface area contributed by atoms with Gasteiger partial charge in [0.25, 0.3) is 0 Å². The molecule has 1 N–H and O–H groups in total. The van der Waals surface area contributed by atoms with Crippen LogP contribution in [-0.4, -0.2) is 24.5 Å². The van der Waals surface area contributed by atoms with E-state index >= 15 is 0 Å². The van der Waals surface area contributed by atoms with Crippen molar-refractivity contribution >= 4 is 0 Å². The lowest BCUT2D eigenvalue weighted by Gasteiger charge is -2.20. The zero-order valence-electron chi connectivity index (χ0n) is 12.1. The van der Waals surface area contributed by atoms with Gasteiger partial charge in [0, 0.05) is 26.2 Å². The van der Waals surface area contributed by atoms with Crippen LogP contribution in [0.5, 0.6) is 0 Å². The van der Waals surface area contributed by atoms with E-state index in [1.54, 1.807) is 0 Å². The summed E-state index contributed by atoms with van der Waals surface area (Å²) in [4.78, 5) is 2.33. The highest BCUT2D eigenvalue weighted by Crippen LogP contribution is 2.12. The minimum atomic E-state index is 0.892. The van der Waals surface area contributed by atoms with Crippen molar-refractivity contribution < 1.29 is 0 Å². The fourth-order valence-electron chi connectivity index (χ4n) is 2.09. The molecule has 0 aliphatic carbocycles. The minimum absolute atomic E-state index is 0.892. The second-order valence-electron chi connectivity index (χ2n) is 4.72.